The standard InChI is InChI=1S/C15H17BrFN7O4S/c1-18-29(26,19-2)7-3-6-20-13-12(21-28-22-13)14-23-27-15(25)24(14)9-4-5-11(17)10(16)8-9/h4-5,8H,3,6-7H2,1-2H3,(H,20,22)(H,18,19,26). The lowest BCUT2D eigenvalue weighted by Crippen LogP contribution is -2.23. The summed E-state index contributed by atoms with van der Waals surface area (Å²) in [4.78, 5) is 12.2. The molecule has 3 aromatic rings. The van der Waals surface area contributed by atoms with Crippen LogP contribution < -0.4 is 15.8 Å². The molecule has 2 N–H and O–H groups in total. The molecule has 0 radical (unpaired) electrons. The second-order valence-corrected chi connectivity index (χ2v) is 9.00. The summed E-state index contributed by atoms with van der Waals surface area (Å²) in [6.45, 7) is 0.388. The normalized spacial score (nSPS) is 13.2. The van der Waals surface area contributed by atoms with E-state index in [4.69, 9.17) is 9.15 Å². The fraction of sp³-hybridized carbons (Fsp3) is 0.333. The Morgan fingerprint density at radius 3 is 2.83 bits per heavy atom. The van der Waals surface area contributed by atoms with Gasteiger partial charge in [0.1, 0.15) is 15.7 Å². The first kappa shape index (κ1) is 21.1. The van der Waals surface area contributed by atoms with Gasteiger partial charge < -0.3 is 5.32 Å². The molecule has 2 aromatic heterocycles. The van der Waals surface area contributed by atoms with Crippen LogP contribution >= 0.6 is 15.9 Å². The number of nitrogens with zero attached hydrogens (tertiary/aromatic N) is 5. The SMILES string of the molecule is CN=S(=O)(CCCNc1nonc1-c1noc(=O)n1-c1ccc(F)c(Br)c1)NC. The van der Waals surface area contributed by atoms with Crippen molar-refractivity contribution in [3.05, 3.63) is 39.0 Å². The average molecular weight is 490 g/mol. The number of nitrogens with one attached hydrogen (secondary N) is 2. The third-order valence-electron chi connectivity index (χ3n) is 3.97. The van der Waals surface area contributed by atoms with E-state index in [1.807, 2.05) is 0 Å². The van der Waals surface area contributed by atoms with Gasteiger partial charge in [0, 0.05) is 19.3 Å². The van der Waals surface area contributed by atoms with E-state index >= 15 is 0 Å². The van der Waals surface area contributed by atoms with Crippen LogP contribution in [0, 0.1) is 5.82 Å². The highest BCUT2D eigenvalue weighted by Gasteiger charge is 2.23. The molecule has 0 spiro atoms. The first-order chi connectivity index (χ1) is 13.9. The Morgan fingerprint density at radius 1 is 1.34 bits per heavy atom. The largest absolute Gasteiger partial charge is 0.446 e. The molecule has 1 atom stereocenters. The molecule has 156 valence electrons. The number of hydrogen-bond acceptors (Lipinski definition) is 9. The van der Waals surface area contributed by atoms with Gasteiger partial charge in [0.15, 0.2) is 5.69 Å². The Labute approximate surface area is 173 Å². The smallest absolute Gasteiger partial charge is 0.365 e. The lowest BCUT2D eigenvalue weighted by atomic mass is 10.3. The van der Waals surface area contributed by atoms with Gasteiger partial charge in [-0.2, -0.15) is 0 Å². The highest BCUT2D eigenvalue weighted by molar-refractivity contribution is 9.10. The summed E-state index contributed by atoms with van der Waals surface area (Å²) in [7, 11) is 0.625. The van der Waals surface area contributed by atoms with Crippen LogP contribution in [-0.4, -0.2) is 50.6 Å². The quantitative estimate of drug-likeness (QED) is 0.456. The molecule has 0 saturated carbocycles. The number of hydrogen-bond donors (Lipinski definition) is 2. The molecule has 0 bridgehead atoms. The minimum atomic E-state index is -2.45. The number of halogens is 2. The monoisotopic (exact) mass is 489 g/mol. The fourth-order valence-electron chi connectivity index (χ4n) is 2.46. The first-order valence-corrected chi connectivity index (χ1v) is 10.8. The van der Waals surface area contributed by atoms with Crippen LogP contribution in [0.3, 0.4) is 0 Å². The number of benzene rings is 1. The van der Waals surface area contributed by atoms with E-state index in [1.165, 1.54) is 25.2 Å². The van der Waals surface area contributed by atoms with E-state index < -0.39 is 21.5 Å². The number of rotatable bonds is 8. The van der Waals surface area contributed by atoms with Gasteiger partial charge in [0.25, 0.3) is 0 Å². The molecule has 1 aromatic carbocycles. The van der Waals surface area contributed by atoms with E-state index in [0.29, 0.717) is 24.4 Å². The van der Waals surface area contributed by atoms with Crippen LogP contribution in [-0.2, 0) is 9.92 Å². The third kappa shape index (κ3) is 4.54. The Morgan fingerprint density at radius 2 is 2.14 bits per heavy atom. The predicted octanol–water partition coefficient (Wildman–Crippen LogP) is 1.81. The van der Waals surface area contributed by atoms with E-state index in [-0.39, 0.29) is 21.8 Å². The topological polar surface area (TPSA) is 140 Å². The van der Waals surface area contributed by atoms with Crippen molar-refractivity contribution < 1.29 is 17.8 Å². The number of aromatic nitrogens is 4. The third-order valence-corrected chi connectivity index (χ3v) is 6.65. The second-order valence-electron chi connectivity index (χ2n) is 5.68. The van der Waals surface area contributed by atoms with Crippen molar-refractivity contribution in [3.8, 4) is 17.2 Å². The van der Waals surface area contributed by atoms with Crippen LogP contribution in [0.25, 0.3) is 17.2 Å². The van der Waals surface area contributed by atoms with Crippen LogP contribution in [0.2, 0.25) is 0 Å². The van der Waals surface area contributed by atoms with Crippen molar-refractivity contribution in [1.29, 1.82) is 0 Å². The summed E-state index contributed by atoms with van der Waals surface area (Å²) in [6.07, 6.45) is 0.514. The Kier molecular flexibility index (Phi) is 6.44. The summed E-state index contributed by atoms with van der Waals surface area (Å²) >= 11 is 3.08. The van der Waals surface area contributed by atoms with E-state index in [2.05, 4.69) is 45.8 Å². The lowest BCUT2D eigenvalue weighted by molar-refractivity contribution is 0.309. The maximum absolute atomic E-state index is 13.5. The van der Waals surface area contributed by atoms with Crippen LogP contribution in [0.5, 0.6) is 0 Å². The highest BCUT2D eigenvalue weighted by Crippen LogP contribution is 2.26. The van der Waals surface area contributed by atoms with Gasteiger partial charge >= 0.3 is 5.76 Å². The molecule has 0 aliphatic rings. The summed E-state index contributed by atoms with van der Waals surface area (Å²) in [5.74, 6) is -0.697. The van der Waals surface area contributed by atoms with E-state index in [1.54, 1.807) is 7.05 Å². The summed E-state index contributed by atoms with van der Waals surface area (Å²) in [5.41, 5.74) is 0.442. The lowest BCUT2D eigenvalue weighted by Gasteiger charge is -2.08. The van der Waals surface area contributed by atoms with Crippen molar-refractivity contribution in [3.63, 3.8) is 0 Å². The molecule has 0 saturated heterocycles. The molecule has 14 heteroatoms. The zero-order valence-corrected chi connectivity index (χ0v) is 17.8. The molecule has 3 rings (SSSR count). The van der Waals surface area contributed by atoms with Crippen LogP contribution in [0.1, 0.15) is 6.42 Å². The molecular formula is C15H17BrFN7O4S. The van der Waals surface area contributed by atoms with Gasteiger partial charge in [0.2, 0.25) is 11.6 Å². The second kappa shape index (κ2) is 8.84. The van der Waals surface area contributed by atoms with Crippen molar-refractivity contribution in [2.45, 2.75) is 6.42 Å². The molecular weight excluding hydrogens is 473 g/mol. The average Bonchev–Trinajstić information content (AvgIpc) is 3.33. The Balaban J connectivity index is 1.83. The maximum atomic E-state index is 13.5. The molecule has 0 aliphatic heterocycles. The van der Waals surface area contributed by atoms with Gasteiger partial charge in [-0.05, 0) is 57.9 Å². The Hall–Kier alpha value is -2.58. The zero-order chi connectivity index (χ0) is 21.0. The molecule has 0 fully saturated rings. The van der Waals surface area contributed by atoms with Crippen molar-refractivity contribution >= 4 is 31.7 Å². The maximum Gasteiger partial charge on any atom is 0.446 e. The number of anilines is 1. The van der Waals surface area contributed by atoms with Crippen LogP contribution in [0.4, 0.5) is 10.2 Å². The molecule has 2 heterocycles. The highest BCUT2D eigenvalue weighted by atomic mass is 79.9. The predicted molar refractivity (Wildman–Crippen MR) is 107 cm³/mol. The summed E-state index contributed by atoms with van der Waals surface area (Å²) in [6, 6.07) is 3.99. The fourth-order valence-corrected chi connectivity index (χ4v) is 3.93. The molecule has 0 aliphatic carbocycles. The molecule has 1 unspecified atom stereocenters. The first-order valence-electron chi connectivity index (χ1n) is 8.31. The minimum absolute atomic E-state index is 0.0276. The Bertz CT molecular complexity index is 1180. The van der Waals surface area contributed by atoms with Gasteiger partial charge in [-0.1, -0.05) is 5.16 Å². The summed E-state index contributed by atoms with van der Waals surface area (Å²) < 4.78 is 43.1. The zero-order valence-electron chi connectivity index (χ0n) is 15.4. The van der Waals surface area contributed by atoms with Gasteiger partial charge in [-0.3, -0.25) is 4.52 Å². The van der Waals surface area contributed by atoms with Crippen molar-refractivity contribution in [2.24, 2.45) is 4.36 Å². The summed E-state index contributed by atoms with van der Waals surface area (Å²) in [5, 5.41) is 14.3. The molecule has 0 amide bonds. The van der Waals surface area contributed by atoms with Crippen molar-refractivity contribution in [1.82, 2.24) is 24.8 Å². The van der Waals surface area contributed by atoms with Gasteiger partial charge in [0.05, 0.1) is 10.2 Å². The molecule has 11 nitrogen and oxygen atoms in total. The van der Waals surface area contributed by atoms with Crippen LogP contribution in [0.15, 0.2) is 41.0 Å². The minimum Gasteiger partial charge on any atom is -0.365 e. The van der Waals surface area contributed by atoms with Crippen molar-refractivity contribution in [2.75, 3.05) is 31.7 Å². The van der Waals surface area contributed by atoms with Gasteiger partial charge in [-0.25, -0.2) is 31.7 Å². The molecule has 29 heavy (non-hydrogen) atoms. The van der Waals surface area contributed by atoms with E-state index in [0.717, 1.165) is 4.57 Å². The van der Waals surface area contributed by atoms with E-state index in [9.17, 15) is 13.4 Å². The van der Waals surface area contributed by atoms with Gasteiger partial charge in [-0.15, -0.1) is 0 Å².